The molecule has 0 amide bonds. The fraction of sp³-hybridized carbons (Fsp3) is 0.500. The molecule has 0 aromatic heterocycles. The Hall–Kier alpha value is -1.02. The van der Waals surface area contributed by atoms with Crippen molar-refractivity contribution in [3.8, 4) is 5.75 Å². The van der Waals surface area contributed by atoms with E-state index in [1.165, 1.54) is 6.92 Å². The van der Waals surface area contributed by atoms with E-state index in [-0.39, 0.29) is 11.2 Å². The first-order valence-electron chi connectivity index (χ1n) is 5.73. The van der Waals surface area contributed by atoms with Crippen LogP contribution in [0.4, 0.5) is 0 Å². The van der Waals surface area contributed by atoms with Crippen LogP contribution in [0.5, 0.6) is 5.75 Å². The lowest BCUT2D eigenvalue weighted by Gasteiger charge is -2.18. The molecule has 94 valence electrons. The number of halogens is 1. The van der Waals surface area contributed by atoms with E-state index in [2.05, 4.69) is 20.8 Å². The molecular formula is C14H19ClO2. The number of Topliss-reactive ketones (excluding diaryl/α,β-unsaturated/α-hetero) is 1. The Balaban J connectivity index is 2.64. The van der Waals surface area contributed by atoms with Gasteiger partial charge in [0.25, 0.3) is 0 Å². The molecule has 0 heterocycles. The van der Waals surface area contributed by atoms with Gasteiger partial charge < -0.3 is 4.74 Å². The van der Waals surface area contributed by atoms with E-state index in [0.29, 0.717) is 22.9 Å². The lowest BCUT2D eigenvalue weighted by Crippen LogP contribution is -2.11. The van der Waals surface area contributed by atoms with Gasteiger partial charge in [0.2, 0.25) is 0 Å². The molecule has 0 aliphatic rings. The van der Waals surface area contributed by atoms with Gasteiger partial charge in [-0.05, 0) is 37.0 Å². The first kappa shape index (κ1) is 14.0. The Bertz CT molecular complexity index is 405. The van der Waals surface area contributed by atoms with Crippen LogP contribution in [0.25, 0.3) is 0 Å². The second-order valence-electron chi connectivity index (χ2n) is 5.36. The predicted molar refractivity (Wildman–Crippen MR) is 71.0 cm³/mol. The number of ketones is 1. The van der Waals surface area contributed by atoms with Gasteiger partial charge in [-0.2, -0.15) is 0 Å². The van der Waals surface area contributed by atoms with Gasteiger partial charge in [-0.15, -0.1) is 0 Å². The third-order valence-electron chi connectivity index (χ3n) is 2.45. The Labute approximate surface area is 108 Å². The Kier molecular flexibility index (Phi) is 4.58. The number of ether oxygens (including phenoxy) is 1. The molecular weight excluding hydrogens is 236 g/mol. The molecule has 0 bridgehead atoms. The summed E-state index contributed by atoms with van der Waals surface area (Å²) >= 11 is 6.05. The van der Waals surface area contributed by atoms with Crippen molar-refractivity contribution in [1.82, 2.24) is 0 Å². The van der Waals surface area contributed by atoms with Crippen LogP contribution < -0.4 is 4.74 Å². The summed E-state index contributed by atoms with van der Waals surface area (Å²) in [7, 11) is 0. The van der Waals surface area contributed by atoms with E-state index < -0.39 is 0 Å². The molecule has 0 radical (unpaired) electrons. The molecule has 1 rings (SSSR count). The van der Waals surface area contributed by atoms with Crippen molar-refractivity contribution in [2.45, 2.75) is 34.1 Å². The lowest BCUT2D eigenvalue weighted by atomic mass is 9.93. The highest BCUT2D eigenvalue weighted by molar-refractivity contribution is 6.32. The largest absolute Gasteiger partial charge is 0.492 e. The maximum atomic E-state index is 11.2. The molecule has 0 spiro atoms. The average Bonchev–Trinajstić information content (AvgIpc) is 2.18. The van der Waals surface area contributed by atoms with Crippen molar-refractivity contribution >= 4 is 17.4 Å². The van der Waals surface area contributed by atoms with Gasteiger partial charge in [-0.1, -0.05) is 32.4 Å². The number of hydrogen-bond acceptors (Lipinski definition) is 2. The Morgan fingerprint density at radius 1 is 1.35 bits per heavy atom. The smallest absolute Gasteiger partial charge is 0.159 e. The average molecular weight is 255 g/mol. The second-order valence-corrected chi connectivity index (χ2v) is 5.77. The van der Waals surface area contributed by atoms with Gasteiger partial charge in [0.1, 0.15) is 5.75 Å². The summed E-state index contributed by atoms with van der Waals surface area (Å²) in [6, 6.07) is 5.14. The van der Waals surface area contributed by atoms with Crippen molar-refractivity contribution in [3.63, 3.8) is 0 Å². The van der Waals surface area contributed by atoms with Crippen LogP contribution in [-0.4, -0.2) is 12.4 Å². The monoisotopic (exact) mass is 254 g/mol. The van der Waals surface area contributed by atoms with Crippen LogP contribution in [0.1, 0.15) is 44.5 Å². The van der Waals surface area contributed by atoms with E-state index in [0.717, 1.165) is 6.42 Å². The van der Waals surface area contributed by atoms with Crippen LogP contribution in [0.2, 0.25) is 5.02 Å². The highest BCUT2D eigenvalue weighted by Gasteiger charge is 2.11. The van der Waals surface area contributed by atoms with Gasteiger partial charge >= 0.3 is 0 Å². The SMILES string of the molecule is CC(=O)c1ccc(OCCC(C)(C)C)c(Cl)c1. The Morgan fingerprint density at radius 2 is 2.00 bits per heavy atom. The predicted octanol–water partition coefficient (Wildman–Crippen LogP) is 4.36. The van der Waals surface area contributed by atoms with Gasteiger partial charge in [0.05, 0.1) is 11.6 Å². The molecule has 0 fully saturated rings. The second kappa shape index (κ2) is 5.54. The minimum absolute atomic E-state index is 0.00754. The van der Waals surface area contributed by atoms with Crippen molar-refractivity contribution in [2.75, 3.05) is 6.61 Å². The summed E-state index contributed by atoms with van der Waals surface area (Å²) in [6.45, 7) is 8.64. The van der Waals surface area contributed by atoms with Gasteiger partial charge in [0.15, 0.2) is 5.78 Å². The van der Waals surface area contributed by atoms with Crippen LogP contribution in [-0.2, 0) is 0 Å². The van der Waals surface area contributed by atoms with E-state index >= 15 is 0 Å². The molecule has 3 heteroatoms. The molecule has 1 aromatic rings. The summed E-state index contributed by atoms with van der Waals surface area (Å²) in [5, 5.41) is 0.492. The van der Waals surface area contributed by atoms with E-state index in [1.54, 1.807) is 18.2 Å². The van der Waals surface area contributed by atoms with Gasteiger partial charge in [-0.3, -0.25) is 4.79 Å². The zero-order valence-corrected chi connectivity index (χ0v) is 11.6. The molecule has 0 unspecified atom stereocenters. The summed E-state index contributed by atoms with van der Waals surface area (Å²) in [6.07, 6.45) is 0.956. The van der Waals surface area contributed by atoms with E-state index in [4.69, 9.17) is 16.3 Å². The Morgan fingerprint density at radius 3 is 2.47 bits per heavy atom. The van der Waals surface area contributed by atoms with Gasteiger partial charge in [-0.25, -0.2) is 0 Å². The van der Waals surface area contributed by atoms with Crippen LogP contribution in [0, 0.1) is 5.41 Å². The zero-order chi connectivity index (χ0) is 13.1. The lowest BCUT2D eigenvalue weighted by molar-refractivity contribution is 0.101. The van der Waals surface area contributed by atoms with Crippen molar-refractivity contribution < 1.29 is 9.53 Å². The summed E-state index contributed by atoms with van der Waals surface area (Å²) in [4.78, 5) is 11.2. The fourth-order valence-corrected chi connectivity index (χ4v) is 1.54. The first-order valence-corrected chi connectivity index (χ1v) is 6.11. The molecule has 2 nitrogen and oxygen atoms in total. The number of rotatable bonds is 4. The third-order valence-corrected chi connectivity index (χ3v) is 2.74. The van der Waals surface area contributed by atoms with Crippen LogP contribution in [0.3, 0.4) is 0 Å². The van der Waals surface area contributed by atoms with Crippen LogP contribution in [0.15, 0.2) is 18.2 Å². The maximum Gasteiger partial charge on any atom is 0.159 e. The summed E-state index contributed by atoms with van der Waals surface area (Å²) < 4.78 is 5.60. The molecule has 1 aromatic carbocycles. The standard InChI is InChI=1S/C14H19ClO2/c1-10(16)11-5-6-13(12(15)9-11)17-8-7-14(2,3)4/h5-6,9H,7-8H2,1-4H3. The quantitative estimate of drug-likeness (QED) is 0.747. The molecule has 0 aliphatic carbocycles. The number of carbonyl (C=O) groups excluding carboxylic acids is 1. The number of carbonyl (C=O) groups is 1. The summed E-state index contributed by atoms with van der Waals surface area (Å²) in [5.74, 6) is 0.647. The minimum atomic E-state index is 0.00754. The van der Waals surface area contributed by atoms with Crippen molar-refractivity contribution in [3.05, 3.63) is 28.8 Å². The molecule has 17 heavy (non-hydrogen) atoms. The third kappa shape index (κ3) is 4.78. The first-order chi connectivity index (χ1) is 7.79. The highest BCUT2D eigenvalue weighted by Crippen LogP contribution is 2.27. The minimum Gasteiger partial charge on any atom is -0.492 e. The summed E-state index contributed by atoms with van der Waals surface area (Å²) in [5.41, 5.74) is 0.851. The van der Waals surface area contributed by atoms with Crippen molar-refractivity contribution in [2.24, 2.45) is 5.41 Å². The van der Waals surface area contributed by atoms with Crippen molar-refractivity contribution in [1.29, 1.82) is 0 Å². The number of hydrogen-bond donors (Lipinski definition) is 0. The molecule has 0 saturated heterocycles. The number of benzene rings is 1. The van der Waals surface area contributed by atoms with E-state index in [9.17, 15) is 4.79 Å². The fourth-order valence-electron chi connectivity index (χ4n) is 1.30. The topological polar surface area (TPSA) is 26.3 Å². The molecule has 0 aliphatic heterocycles. The van der Waals surface area contributed by atoms with Crippen LogP contribution >= 0.6 is 11.6 Å². The molecule has 0 N–H and O–H groups in total. The van der Waals surface area contributed by atoms with Gasteiger partial charge in [0, 0.05) is 5.56 Å². The van der Waals surface area contributed by atoms with E-state index in [1.807, 2.05) is 0 Å². The normalized spacial score (nSPS) is 11.4. The zero-order valence-electron chi connectivity index (χ0n) is 10.8. The maximum absolute atomic E-state index is 11.2. The molecule has 0 atom stereocenters. The molecule has 0 saturated carbocycles. The highest BCUT2D eigenvalue weighted by atomic mass is 35.5.